The number of rotatable bonds is 3. The average molecular weight is 240 g/mol. The summed E-state index contributed by atoms with van der Waals surface area (Å²) in [5, 5.41) is 4.68. The molecule has 94 valence electrons. The molecule has 0 saturated heterocycles. The first-order valence-corrected chi connectivity index (χ1v) is 6.74. The van der Waals surface area contributed by atoms with Gasteiger partial charge in [-0.2, -0.15) is 0 Å². The number of allylic oxidation sites excluding steroid dienone is 1. The van der Waals surface area contributed by atoms with Gasteiger partial charge in [0.1, 0.15) is 0 Å². The molecule has 2 N–H and O–H groups in total. The van der Waals surface area contributed by atoms with Crippen molar-refractivity contribution < 1.29 is 0 Å². The van der Waals surface area contributed by atoms with E-state index in [2.05, 4.69) is 47.7 Å². The third-order valence-electron chi connectivity index (χ3n) is 3.81. The van der Waals surface area contributed by atoms with Crippen molar-refractivity contribution >= 4 is 16.5 Å². The molecule has 3 rings (SSSR count). The van der Waals surface area contributed by atoms with Gasteiger partial charge in [-0.05, 0) is 48.6 Å². The minimum atomic E-state index is 0.584. The van der Waals surface area contributed by atoms with Gasteiger partial charge in [-0.3, -0.25) is 0 Å². The summed E-state index contributed by atoms with van der Waals surface area (Å²) in [5.41, 5.74) is 5.68. The van der Waals surface area contributed by atoms with Crippen LogP contribution in [0.1, 0.15) is 24.5 Å². The lowest BCUT2D eigenvalue weighted by Gasteiger charge is -2.18. The van der Waals surface area contributed by atoms with Gasteiger partial charge in [0, 0.05) is 23.6 Å². The second-order valence-electron chi connectivity index (χ2n) is 5.27. The van der Waals surface area contributed by atoms with Crippen molar-refractivity contribution in [3.05, 3.63) is 41.6 Å². The molecule has 0 aliphatic heterocycles. The van der Waals surface area contributed by atoms with E-state index < -0.39 is 0 Å². The van der Waals surface area contributed by atoms with Gasteiger partial charge in [0.2, 0.25) is 0 Å². The molecule has 0 bridgehead atoms. The molecule has 1 aliphatic rings. The highest BCUT2D eigenvalue weighted by Crippen LogP contribution is 2.36. The summed E-state index contributed by atoms with van der Waals surface area (Å²) in [6.07, 6.45) is 6.93. The predicted octanol–water partition coefficient (Wildman–Crippen LogP) is 3.35. The molecule has 0 saturated carbocycles. The first-order valence-electron chi connectivity index (χ1n) is 6.74. The van der Waals surface area contributed by atoms with Crippen LogP contribution in [0, 0.1) is 5.92 Å². The molecule has 2 heteroatoms. The lowest BCUT2D eigenvalue weighted by atomic mass is 9.87. The zero-order chi connectivity index (χ0) is 12.5. The molecule has 1 aromatic heterocycles. The predicted molar refractivity (Wildman–Crippen MR) is 77.7 cm³/mol. The summed E-state index contributed by atoms with van der Waals surface area (Å²) >= 11 is 0. The van der Waals surface area contributed by atoms with Gasteiger partial charge in [-0.15, -0.1) is 0 Å². The number of aromatic amines is 1. The van der Waals surface area contributed by atoms with E-state index in [9.17, 15) is 0 Å². The molecule has 18 heavy (non-hydrogen) atoms. The van der Waals surface area contributed by atoms with Gasteiger partial charge in [0.25, 0.3) is 0 Å². The summed E-state index contributed by atoms with van der Waals surface area (Å²) in [5.74, 6) is 0.584. The van der Waals surface area contributed by atoms with Crippen LogP contribution in [-0.4, -0.2) is 18.6 Å². The Morgan fingerprint density at radius 2 is 2.28 bits per heavy atom. The first kappa shape index (κ1) is 11.5. The largest absolute Gasteiger partial charge is 0.361 e. The van der Waals surface area contributed by atoms with Crippen LogP contribution in [0.3, 0.4) is 0 Å². The highest BCUT2D eigenvalue weighted by Gasteiger charge is 2.17. The van der Waals surface area contributed by atoms with Crippen molar-refractivity contribution in [3.63, 3.8) is 0 Å². The quantitative estimate of drug-likeness (QED) is 0.846. The molecule has 0 spiro atoms. The number of aryl methyl sites for hydroxylation is 1. The first-order chi connectivity index (χ1) is 8.79. The molecular formula is C16H20N2. The van der Waals surface area contributed by atoms with Crippen molar-refractivity contribution in [1.29, 1.82) is 0 Å². The van der Waals surface area contributed by atoms with E-state index >= 15 is 0 Å². The summed E-state index contributed by atoms with van der Waals surface area (Å²) in [6.45, 7) is 3.32. The number of benzene rings is 1. The zero-order valence-corrected chi connectivity index (χ0v) is 11.1. The maximum atomic E-state index is 3.38. The minimum absolute atomic E-state index is 0.584. The van der Waals surface area contributed by atoms with Crippen LogP contribution < -0.4 is 5.32 Å². The van der Waals surface area contributed by atoms with Crippen molar-refractivity contribution in [1.82, 2.24) is 10.3 Å². The fraction of sp³-hybridized carbons (Fsp3) is 0.375. The molecular weight excluding hydrogens is 220 g/mol. The van der Waals surface area contributed by atoms with Crippen molar-refractivity contribution in [3.8, 4) is 0 Å². The second-order valence-corrected chi connectivity index (χ2v) is 5.27. The van der Waals surface area contributed by atoms with E-state index in [0.29, 0.717) is 5.92 Å². The van der Waals surface area contributed by atoms with E-state index in [1.54, 1.807) is 0 Å². The Hall–Kier alpha value is -1.54. The van der Waals surface area contributed by atoms with Gasteiger partial charge >= 0.3 is 0 Å². The van der Waals surface area contributed by atoms with E-state index in [1.165, 1.54) is 27.6 Å². The van der Waals surface area contributed by atoms with Crippen molar-refractivity contribution in [2.24, 2.45) is 5.92 Å². The number of nitrogens with one attached hydrogen (secondary N) is 2. The topological polar surface area (TPSA) is 27.8 Å². The Balaban J connectivity index is 2.07. The smallest absolute Gasteiger partial charge is 0.0462 e. The van der Waals surface area contributed by atoms with Gasteiger partial charge in [-0.25, -0.2) is 0 Å². The number of H-pyrrole nitrogens is 1. The maximum absolute atomic E-state index is 3.38. The molecule has 1 heterocycles. The highest BCUT2D eigenvalue weighted by molar-refractivity contribution is 5.96. The fourth-order valence-electron chi connectivity index (χ4n) is 3.02. The molecule has 1 aromatic carbocycles. The molecule has 2 nitrogen and oxygen atoms in total. The number of hydrogen-bond donors (Lipinski definition) is 2. The second kappa shape index (κ2) is 4.62. The Morgan fingerprint density at radius 3 is 3.11 bits per heavy atom. The summed E-state index contributed by atoms with van der Waals surface area (Å²) in [4.78, 5) is 3.38. The Labute approximate surface area is 108 Å². The van der Waals surface area contributed by atoms with Crippen LogP contribution in [0.25, 0.3) is 16.5 Å². The maximum Gasteiger partial charge on any atom is 0.0462 e. The third-order valence-corrected chi connectivity index (χ3v) is 3.81. The Bertz CT molecular complexity index is 592. The van der Waals surface area contributed by atoms with Crippen LogP contribution in [-0.2, 0) is 6.42 Å². The van der Waals surface area contributed by atoms with Crippen LogP contribution in [0.15, 0.2) is 30.5 Å². The number of aromatic nitrogens is 1. The van der Waals surface area contributed by atoms with E-state index in [1.807, 2.05) is 7.05 Å². The Kier molecular flexibility index (Phi) is 2.96. The van der Waals surface area contributed by atoms with Crippen molar-refractivity contribution in [2.45, 2.75) is 19.8 Å². The molecule has 1 atom stereocenters. The SMILES string of the molecule is CNC[C@@H](C)/C=C1\CCc2c[nH]c3cccc1c23. The highest BCUT2D eigenvalue weighted by atomic mass is 14.8. The summed E-state index contributed by atoms with van der Waals surface area (Å²) in [6, 6.07) is 6.58. The lowest BCUT2D eigenvalue weighted by Crippen LogP contribution is -2.15. The fourth-order valence-corrected chi connectivity index (χ4v) is 3.02. The lowest BCUT2D eigenvalue weighted by molar-refractivity contribution is 0.649. The molecule has 0 radical (unpaired) electrons. The zero-order valence-electron chi connectivity index (χ0n) is 11.1. The molecule has 0 unspecified atom stereocenters. The van der Waals surface area contributed by atoms with Gasteiger partial charge < -0.3 is 10.3 Å². The van der Waals surface area contributed by atoms with E-state index in [0.717, 1.165) is 19.4 Å². The van der Waals surface area contributed by atoms with Gasteiger partial charge in [0.15, 0.2) is 0 Å². The van der Waals surface area contributed by atoms with Gasteiger partial charge in [-0.1, -0.05) is 25.1 Å². The Morgan fingerprint density at radius 1 is 1.39 bits per heavy atom. The minimum Gasteiger partial charge on any atom is -0.361 e. The molecule has 2 aromatic rings. The van der Waals surface area contributed by atoms with Crippen molar-refractivity contribution in [2.75, 3.05) is 13.6 Å². The summed E-state index contributed by atoms with van der Waals surface area (Å²) < 4.78 is 0. The summed E-state index contributed by atoms with van der Waals surface area (Å²) in [7, 11) is 2.01. The van der Waals surface area contributed by atoms with Crippen LogP contribution in [0.4, 0.5) is 0 Å². The molecule has 0 amide bonds. The molecule has 1 aliphatic carbocycles. The normalized spacial score (nSPS) is 18.4. The average Bonchev–Trinajstić information content (AvgIpc) is 2.78. The standard InChI is InChI=1S/C16H20N2/c1-11(9-17-2)8-12-6-7-13-10-18-15-5-3-4-14(12)16(13)15/h3-5,8,10-11,17-18H,6-7,9H2,1-2H3/b12-8+/t11-/m0/s1. The van der Waals surface area contributed by atoms with Crippen LogP contribution in [0.5, 0.6) is 0 Å². The van der Waals surface area contributed by atoms with E-state index in [4.69, 9.17) is 0 Å². The monoisotopic (exact) mass is 240 g/mol. The van der Waals surface area contributed by atoms with Crippen LogP contribution >= 0.6 is 0 Å². The van der Waals surface area contributed by atoms with Crippen LogP contribution in [0.2, 0.25) is 0 Å². The van der Waals surface area contributed by atoms with E-state index in [-0.39, 0.29) is 0 Å². The number of hydrogen-bond acceptors (Lipinski definition) is 1. The van der Waals surface area contributed by atoms with Gasteiger partial charge in [0.05, 0.1) is 0 Å². The third kappa shape index (κ3) is 1.87. The molecule has 0 fully saturated rings.